The largest absolute Gasteiger partial charge is 0.349 e. The van der Waals surface area contributed by atoms with Crippen LogP contribution in [0.5, 0.6) is 0 Å². The monoisotopic (exact) mass is 343 g/mol. The highest BCUT2D eigenvalue weighted by molar-refractivity contribution is 8.00. The van der Waals surface area contributed by atoms with E-state index in [4.69, 9.17) is 0 Å². The molecule has 24 heavy (non-hydrogen) atoms. The Hall–Kier alpha value is -2.08. The molecule has 0 spiro atoms. The van der Waals surface area contributed by atoms with Crippen molar-refractivity contribution < 1.29 is 9.59 Å². The third-order valence-corrected chi connectivity index (χ3v) is 4.94. The summed E-state index contributed by atoms with van der Waals surface area (Å²) in [6.45, 7) is 1.85. The van der Waals surface area contributed by atoms with E-state index in [1.807, 2.05) is 31.2 Å². The zero-order valence-corrected chi connectivity index (χ0v) is 14.9. The summed E-state index contributed by atoms with van der Waals surface area (Å²) in [5, 5.41) is 4.31. The molecule has 1 aliphatic carbocycles. The van der Waals surface area contributed by atoms with Gasteiger partial charge in [-0.05, 0) is 31.9 Å². The van der Waals surface area contributed by atoms with Gasteiger partial charge < -0.3 is 10.2 Å². The van der Waals surface area contributed by atoms with E-state index in [2.05, 4.69) is 10.3 Å². The number of rotatable bonds is 5. The molecule has 6 heteroatoms. The Bertz CT molecular complexity index is 787. The van der Waals surface area contributed by atoms with Crippen molar-refractivity contribution in [2.45, 2.75) is 36.1 Å². The van der Waals surface area contributed by atoms with Gasteiger partial charge in [-0.3, -0.25) is 9.59 Å². The molecule has 1 heterocycles. The van der Waals surface area contributed by atoms with Crippen LogP contribution in [-0.2, 0) is 4.79 Å². The molecule has 1 aliphatic rings. The average molecular weight is 343 g/mol. The van der Waals surface area contributed by atoms with E-state index in [1.54, 1.807) is 25.1 Å². The van der Waals surface area contributed by atoms with Gasteiger partial charge in [0, 0.05) is 25.5 Å². The Morgan fingerprint density at radius 2 is 2.00 bits per heavy atom. The number of fused-ring (bicyclic) bond motifs is 1. The van der Waals surface area contributed by atoms with Gasteiger partial charge in [0.15, 0.2) is 0 Å². The maximum absolute atomic E-state index is 12.6. The molecule has 0 aliphatic heterocycles. The van der Waals surface area contributed by atoms with E-state index in [-0.39, 0.29) is 17.1 Å². The maximum atomic E-state index is 12.6. The van der Waals surface area contributed by atoms with Gasteiger partial charge in [0.2, 0.25) is 5.91 Å². The Balaban J connectivity index is 1.93. The van der Waals surface area contributed by atoms with Crippen molar-refractivity contribution in [2.24, 2.45) is 0 Å². The third-order valence-electron chi connectivity index (χ3n) is 3.94. The predicted octanol–water partition coefficient (Wildman–Crippen LogP) is 2.70. The first kappa shape index (κ1) is 16.8. The van der Waals surface area contributed by atoms with Crippen molar-refractivity contribution >= 4 is 34.5 Å². The maximum Gasteiger partial charge on any atom is 0.252 e. The van der Waals surface area contributed by atoms with Crippen LogP contribution in [0.3, 0.4) is 0 Å². The molecule has 126 valence electrons. The van der Waals surface area contributed by atoms with Crippen molar-refractivity contribution in [1.82, 2.24) is 15.2 Å². The van der Waals surface area contributed by atoms with Crippen molar-refractivity contribution in [3.8, 4) is 0 Å². The van der Waals surface area contributed by atoms with E-state index in [9.17, 15) is 9.59 Å². The fraction of sp³-hybridized carbons (Fsp3) is 0.389. The van der Waals surface area contributed by atoms with Crippen LogP contribution in [0.2, 0.25) is 0 Å². The molecule has 1 aromatic heterocycles. The van der Waals surface area contributed by atoms with E-state index < -0.39 is 0 Å². The summed E-state index contributed by atoms with van der Waals surface area (Å²) in [6.07, 6.45) is 2.09. The number of carbonyl (C=O) groups is 2. The van der Waals surface area contributed by atoms with Crippen LogP contribution in [0.4, 0.5) is 0 Å². The lowest BCUT2D eigenvalue weighted by Gasteiger charge is -2.16. The molecule has 1 fully saturated rings. The number of para-hydroxylation sites is 1. The van der Waals surface area contributed by atoms with Crippen molar-refractivity contribution in [1.29, 1.82) is 0 Å². The van der Waals surface area contributed by atoms with Crippen molar-refractivity contribution in [2.75, 3.05) is 14.1 Å². The Kier molecular flexibility index (Phi) is 4.76. The number of thioether (sulfide) groups is 1. The Labute approximate surface area is 145 Å². The number of amides is 2. The van der Waals surface area contributed by atoms with Gasteiger partial charge in [0.05, 0.1) is 21.4 Å². The highest BCUT2D eigenvalue weighted by Crippen LogP contribution is 2.28. The number of hydrogen-bond acceptors (Lipinski definition) is 4. The van der Waals surface area contributed by atoms with Gasteiger partial charge in [-0.15, -0.1) is 0 Å². The van der Waals surface area contributed by atoms with Gasteiger partial charge in [0.1, 0.15) is 0 Å². The molecule has 2 amide bonds. The SMILES string of the molecule is CC(Sc1cc(C(=O)NC2CC2)c2ccccc2n1)C(=O)N(C)C. The molecule has 0 saturated heterocycles. The second-order valence-electron chi connectivity index (χ2n) is 6.27. The molecule has 0 radical (unpaired) electrons. The molecule has 3 rings (SSSR count). The van der Waals surface area contributed by atoms with E-state index in [0.717, 1.165) is 23.7 Å². The minimum Gasteiger partial charge on any atom is -0.349 e. The number of pyridine rings is 1. The Morgan fingerprint density at radius 1 is 1.29 bits per heavy atom. The first-order valence-corrected chi connectivity index (χ1v) is 8.92. The highest BCUT2D eigenvalue weighted by atomic mass is 32.2. The number of carbonyl (C=O) groups excluding carboxylic acids is 2. The zero-order chi connectivity index (χ0) is 17.3. The van der Waals surface area contributed by atoms with Crippen LogP contribution < -0.4 is 5.32 Å². The molecule has 2 aromatic rings. The number of nitrogens with zero attached hydrogens (tertiary/aromatic N) is 2. The van der Waals surface area contributed by atoms with Gasteiger partial charge in [-0.25, -0.2) is 4.98 Å². The molecule has 1 unspecified atom stereocenters. The number of benzene rings is 1. The molecular formula is C18H21N3O2S. The van der Waals surface area contributed by atoms with Gasteiger partial charge in [-0.1, -0.05) is 30.0 Å². The predicted molar refractivity (Wildman–Crippen MR) is 96.2 cm³/mol. The smallest absolute Gasteiger partial charge is 0.252 e. The summed E-state index contributed by atoms with van der Waals surface area (Å²) >= 11 is 1.38. The third kappa shape index (κ3) is 3.70. The van der Waals surface area contributed by atoms with Crippen molar-refractivity contribution in [3.63, 3.8) is 0 Å². The zero-order valence-electron chi connectivity index (χ0n) is 14.1. The minimum atomic E-state index is -0.256. The van der Waals surface area contributed by atoms with Crippen LogP contribution in [0.1, 0.15) is 30.1 Å². The molecule has 1 saturated carbocycles. The number of aromatic nitrogens is 1. The quantitative estimate of drug-likeness (QED) is 0.848. The van der Waals surface area contributed by atoms with Gasteiger partial charge >= 0.3 is 0 Å². The molecule has 1 atom stereocenters. The summed E-state index contributed by atoms with van der Waals surface area (Å²) in [5.74, 6) is -0.0384. The van der Waals surface area contributed by atoms with Crippen LogP contribution in [-0.4, -0.2) is 47.1 Å². The lowest BCUT2D eigenvalue weighted by Crippen LogP contribution is -2.29. The summed E-state index contributed by atoms with van der Waals surface area (Å²) < 4.78 is 0. The topological polar surface area (TPSA) is 62.3 Å². The fourth-order valence-corrected chi connectivity index (χ4v) is 3.50. The van der Waals surface area contributed by atoms with Crippen molar-refractivity contribution in [3.05, 3.63) is 35.9 Å². The molecule has 1 N–H and O–H groups in total. The van der Waals surface area contributed by atoms with E-state index in [0.29, 0.717) is 16.6 Å². The number of hydrogen-bond donors (Lipinski definition) is 1. The first-order valence-electron chi connectivity index (χ1n) is 8.04. The summed E-state index contributed by atoms with van der Waals surface area (Å²) in [4.78, 5) is 30.8. The van der Waals surface area contributed by atoms with Crippen LogP contribution in [0.15, 0.2) is 35.4 Å². The summed E-state index contributed by atoms with van der Waals surface area (Å²) in [7, 11) is 3.48. The lowest BCUT2D eigenvalue weighted by molar-refractivity contribution is -0.127. The molecular weight excluding hydrogens is 322 g/mol. The first-order chi connectivity index (χ1) is 11.5. The molecule has 5 nitrogen and oxygen atoms in total. The lowest BCUT2D eigenvalue weighted by atomic mass is 10.1. The molecule has 0 bridgehead atoms. The Morgan fingerprint density at radius 3 is 2.67 bits per heavy atom. The standard InChI is InChI=1S/C18H21N3O2S/c1-11(18(23)21(2)3)24-16-10-14(17(22)19-12-8-9-12)13-6-4-5-7-15(13)20-16/h4-7,10-12H,8-9H2,1-3H3,(H,19,22). The average Bonchev–Trinajstić information content (AvgIpc) is 3.37. The summed E-state index contributed by atoms with van der Waals surface area (Å²) in [5.41, 5.74) is 1.40. The van der Waals surface area contributed by atoms with E-state index >= 15 is 0 Å². The van der Waals surface area contributed by atoms with Gasteiger partial charge in [0.25, 0.3) is 5.91 Å². The second-order valence-corrected chi connectivity index (χ2v) is 7.63. The second kappa shape index (κ2) is 6.81. The van der Waals surface area contributed by atoms with Crippen LogP contribution >= 0.6 is 11.8 Å². The highest BCUT2D eigenvalue weighted by Gasteiger charge is 2.25. The molecule has 1 aromatic carbocycles. The fourth-order valence-electron chi connectivity index (χ4n) is 2.49. The normalized spacial score (nSPS) is 15.1. The minimum absolute atomic E-state index is 0.0268. The van der Waals surface area contributed by atoms with E-state index in [1.165, 1.54) is 11.8 Å². The van der Waals surface area contributed by atoms with Crippen LogP contribution in [0, 0.1) is 0 Å². The summed E-state index contributed by atoms with van der Waals surface area (Å²) in [6, 6.07) is 9.71. The van der Waals surface area contributed by atoms with Crippen LogP contribution in [0.25, 0.3) is 10.9 Å². The van der Waals surface area contributed by atoms with Gasteiger partial charge in [-0.2, -0.15) is 0 Å². The number of nitrogens with one attached hydrogen (secondary N) is 1.